The Labute approximate surface area is 114 Å². The molecule has 0 amide bonds. The topological polar surface area (TPSA) is 80.7 Å². The van der Waals surface area contributed by atoms with Crippen LogP contribution >= 0.6 is 0 Å². The summed E-state index contributed by atoms with van der Waals surface area (Å²) in [5, 5.41) is 9.64. The van der Waals surface area contributed by atoms with Gasteiger partial charge >= 0.3 is 0 Å². The number of Topliss-reactive ketones (excluding diaryl/α,β-unsaturated/α-hetero) is 2. The van der Waals surface area contributed by atoms with E-state index < -0.39 is 29.2 Å². The van der Waals surface area contributed by atoms with Gasteiger partial charge < -0.3 is 9.84 Å². The van der Waals surface area contributed by atoms with Gasteiger partial charge in [0.2, 0.25) is 5.78 Å². The minimum atomic E-state index is -1.07. The lowest BCUT2D eigenvalue weighted by atomic mass is 9.90. The zero-order valence-electron chi connectivity index (χ0n) is 10.3. The Balaban J connectivity index is 2.00. The van der Waals surface area contributed by atoms with Gasteiger partial charge in [-0.2, -0.15) is 0 Å². The standard InChI is InChI=1S/C15H10O5/c16-9-6-11(8-4-2-1-3-5-8)20-12-7-10(17)14(18)15(19)13(9)12/h1-5,7,11,19H,6H2. The second-order valence-corrected chi connectivity index (χ2v) is 4.57. The van der Waals surface area contributed by atoms with Crippen LogP contribution < -0.4 is 0 Å². The molecule has 1 heterocycles. The summed E-state index contributed by atoms with van der Waals surface area (Å²) in [5.41, 5.74) is 0.603. The summed E-state index contributed by atoms with van der Waals surface area (Å²) in [6.07, 6.45) is 0.458. The maximum Gasteiger partial charge on any atom is 0.268 e. The van der Waals surface area contributed by atoms with Crippen LogP contribution in [-0.4, -0.2) is 22.5 Å². The first-order chi connectivity index (χ1) is 9.58. The number of ether oxygens (including phenoxy) is 1. The van der Waals surface area contributed by atoms with Crippen molar-refractivity contribution >= 4 is 17.3 Å². The van der Waals surface area contributed by atoms with Crippen LogP contribution in [0.3, 0.4) is 0 Å². The van der Waals surface area contributed by atoms with Gasteiger partial charge in [0.1, 0.15) is 17.4 Å². The lowest BCUT2D eigenvalue weighted by Gasteiger charge is -2.28. The van der Waals surface area contributed by atoms with E-state index in [0.29, 0.717) is 0 Å². The third-order valence-corrected chi connectivity index (χ3v) is 3.27. The fraction of sp³-hybridized carbons (Fsp3) is 0.133. The molecule has 1 atom stereocenters. The molecule has 0 aromatic heterocycles. The molecule has 1 aliphatic carbocycles. The fourth-order valence-corrected chi connectivity index (χ4v) is 2.29. The summed E-state index contributed by atoms with van der Waals surface area (Å²) in [6.45, 7) is 0. The number of benzene rings is 1. The Kier molecular flexibility index (Phi) is 2.75. The first-order valence-corrected chi connectivity index (χ1v) is 6.06. The van der Waals surface area contributed by atoms with Gasteiger partial charge in [-0.05, 0) is 5.56 Å². The third-order valence-electron chi connectivity index (χ3n) is 3.27. The molecule has 1 fully saturated rings. The molecule has 100 valence electrons. The highest BCUT2D eigenvalue weighted by Gasteiger charge is 2.39. The van der Waals surface area contributed by atoms with Crippen molar-refractivity contribution in [1.82, 2.24) is 0 Å². The molecule has 1 aromatic rings. The molecule has 0 radical (unpaired) electrons. The van der Waals surface area contributed by atoms with E-state index in [1.54, 1.807) is 0 Å². The molecule has 5 nitrogen and oxygen atoms in total. The molecule has 1 aromatic carbocycles. The van der Waals surface area contributed by atoms with Gasteiger partial charge in [0.25, 0.3) is 5.78 Å². The minimum absolute atomic E-state index is 0.0161. The van der Waals surface area contributed by atoms with Gasteiger partial charge in [-0.1, -0.05) is 30.3 Å². The Morgan fingerprint density at radius 2 is 1.80 bits per heavy atom. The van der Waals surface area contributed by atoms with Crippen LogP contribution in [-0.2, 0) is 19.1 Å². The van der Waals surface area contributed by atoms with Gasteiger partial charge in [0, 0.05) is 6.08 Å². The monoisotopic (exact) mass is 270 g/mol. The van der Waals surface area contributed by atoms with E-state index >= 15 is 0 Å². The Bertz CT molecular complexity index is 681. The molecule has 1 unspecified atom stereocenters. The van der Waals surface area contributed by atoms with E-state index in [1.165, 1.54) is 0 Å². The van der Waals surface area contributed by atoms with Gasteiger partial charge in [0.05, 0.1) is 6.42 Å². The van der Waals surface area contributed by atoms with Crippen LogP contribution in [0.25, 0.3) is 0 Å². The van der Waals surface area contributed by atoms with Gasteiger partial charge in [-0.15, -0.1) is 0 Å². The largest absolute Gasteiger partial charge is 0.503 e. The summed E-state index contributed by atoms with van der Waals surface area (Å²) in [4.78, 5) is 34.8. The van der Waals surface area contributed by atoms with E-state index in [0.717, 1.165) is 11.6 Å². The first-order valence-electron chi connectivity index (χ1n) is 6.06. The predicted molar refractivity (Wildman–Crippen MR) is 67.6 cm³/mol. The number of fused-ring (bicyclic) bond motifs is 1. The van der Waals surface area contributed by atoms with E-state index in [-0.39, 0.29) is 17.8 Å². The molecule has 0 bridgehead atoms. The quantitative estimate of drug-likeness (QED) is 0.618. The van der Waals surface area contributed by atoms with Crippen molar-refractivity contribution in [1.29, 1.82) is 0 Å². The van der Waals surface area contributed by atoms with E-state index in [4.69, 9.17) is 4.74 Å². The highest BCUT2D eigenvalue weighted by molar-refractivity contribution is 6.49. The number of hydrogen-bond acceptors (Lipinski definition) is 5. The molecule has 0 saturated carbocycles. The highest BCUT2D eigenvalue weighted by Crippen LogP contribution is 2.36. The summed E-state index contributed by atoms with van der Waals surface area (Å²) < 4.78 is 5.59. The Morgan fingerprint density at radius 1 is 1.10 bits per heavy atom. The average molecular weight is 270 g/mol. The number of aliphatic hydroxyl groups excluding tert-OH is 1. The normalized spacial score (nSPS) is 22.3. The van der Waals surface area contributed by atoms with Crippen molar-refractivity contribution in [3.05, 3.63) is 59.1 Å². The maximum atomic E-state index is 12.1. The van der Waals surface area contributed by atoms with Crippen LogP contribution in [0.2, 0.25) is 0 Å². The smallest absolute Gasteiger partial charge is 0.268 e. The second kappa shape index (κ2) is 4.45. The Morgan fingerprint density at radius 3 is 2.50 bits per heavy atom. The van der Waals surface area contributed by atoms with Crippen LogP contribution in [0.5, 0.6) is 0 Å². The van der Waals surface area contributed by atoms with Crippen LogP contribution in [0.1, 0.15) is 18.1 Å². The third kappa shape index (κ3) is 1.84. The summed E-state index contributed by atoms with van der Waals surface area (Å²) >= 11 is 0. The zero-order chi connectivity index (χ0) is 14.3. The number of rotatable bonds is 1. The summed E-state index contributed by atoms with van der Waals surface area (Å²) in [7, 11) is 0. The Hall–Kier alpha value is -2.69. The molecule has 5 heteroatoms. The number of carbonyl (C=O) groups is 3. The molecule has 2 aliphatic rings. The molecular formula is C15H10O5. The molecular weight excluding hydrogens is 260 g/mol. The molecule has 1 saturated heterocycles. The summed E-state index contributed by atoms with van der Waals surface area (Å²) in [5.74, 6) is -3.21. The number of hydrogen-bond donors (Lipinski definition) is 1. The predicted octanol–water partition coefficient (Wildman–Crippen LogP) is 1.56. The number of ketones is 3. The second-order valence-electron chi connectivity index (χ2n) is 4.57. The molecule has 3 rings (SSSR count). The molecule has 1 N–H and O–H groups in total. The number of aliphatic hydroxyl groups is 1. The van der Waals surface area contributed by atoms with Crippen molar-refractivity contribution in [2.24, 2.45) is 0 Å². The summed E-state index contributed by atoms with van der Waals surface area (Å²) in [6, 6.07) is 9.09. The minimum Gasteiger partial charge on any atom is -0.503 e. The lowest BCUT2D eigenvalue weighted by Crippen LogP contribution is -2.30. The highest BCUT2D eigenvalue weighted by atomic mass is 16.5. The van der Waals surface area contributed by atoms with Crippen LogP contribution in [0.4, 0.5) is 0 Å². The fourth-order valence-electron chi connectivity index (χ4n) is 2.29. The SMILES string of the molecule is O=C1C=C2OC(c3ccccc3)CC(=O)C2=C(O)C1=O. The average Bonchev–Trinajstić information content (AvgIpc) is 2.45. The van der Waals surface area contributed by atoms with Gasteiger partial charge in [0.15, 0.2) is 11.5 Å². The number of allylic oxidation sites excluding steroid dienone is 3. The van der Waals surface area contributed by atoms with E-state index in [2.05, 4.69) is 0 Å². The van der Waals surface area contributed by atoms with E-state index in [1.807, 2.05) is 30.3 Å². The van der Waals surface area contributed by atoms with Crippen LogP contribution in [0.15, 0.2) is 53.5 Å². The van der Waals surface area contributed by atoms with Gasteiger partial charge in [-0.25, -0.2) is 0 Å². The molecule has 0 spiro atoms. The lowest BCUT2D eigenvalue weighted by molar-refractivity contribution is -0.134. The van der Waals surface area contributed by atoms with Crippen molar-refractivity contribution in [3.8, 4) is 0 Å². The van der Waals surface area contributed by atoms with Crippen molar-refractivity contribution in [2.45, 2.75) is 12.5 Å². The van der Waals surface area contributed by atoms with Gasteiger partial charge in [-0.3, -0.25) is 14.4 Å². The molecule has 1 aliphatic heterocycles. The zero-order valence-corrected chi connectivity index (χ0v) is 10.3. The first kappa shape index (κ1) is 12.3. The van der Waals surface area contributed by atoms with Crippen molar-refractivity contribution in [3.63, 3.8) is 0 Å². The maximum absolute atomic E-state index is 12.1. The molecule has 20 heavy (non-hydrogen) atoms. The van der Waals surface area contributed by atoms with Crippen molar-refractivity contribution < 1.29 is 24.2 Å². The van der Waals surface area contributed by atoms with Crippen LogP contribution in [0, 0.1) is 0 Å². The van der Waals surface area contributed by atoms with Crippen molar-refractivity contribution in [2.75, 3.05) is 0 Å². The van der Waals surface area contributed by atoms with E-state index in [9.17, 15) is 19.5 Å². The number of carbonyl (C=O) groups excluding carboxylic acids is 3.